The number of carbonyl (C=O) groups excluding carboxylic acids is 1. The SMILES string of the molecule is CCc1cc2c(cc3c(=O)n(CC(=O)N4C[C@@H](C)C[C@H](C)C4)nc(CC)n32)s1. The number of rotatable bonds is 4. The predicted molar refractivity (Wildman–Crippen MR) is 113 cm³/mol. The third-order valence-electron chi connectivity index (χ3n) is 5.66. The topological polar surface area (TPSA) is 59.6 Å². The molecule has 1 amide bonds. The molecule has 1 saturated heterocycles. The molecule has 0 aromatic carbocycles. The molecule has 4 heterocycles. The van der Waals surface area contributed by atoms with Crippen LogP contribution in [0, 0.1) is 11.8 Å². The normalized spacial score (nSPS) is 20.4. The van der Waals surface area contributed by atoms with Gasteiger partial charge in [0, 0.05) is 24.4 Å². The fraction of sp³-hybridized carbons (Fsp3) is 0.571. The maximum absolute atomic E-state index is 13.1. The Labute approximate surface area is 168 Å². The summed E-state index contributed by atoms with van der Waals surface area (Å²) in [5, 5.41) is 4.57. The molecule has 7 heteroatoms. The monoisotopic (exact) mass is 400 g/mol. The Morgan fingerprint density at radius 1 is 1.14 bits per heavy atom. The average Bonchev–Trinajstić information content (AvgIpc) is 3.21. The third-order valence-corrected chi connectivity index (χ3v) is 6.88. The smallest absolute Gasteiger partial charge is 0.291 e. The van der Waals surface area contributed by atoms with Gasteiger partial charge in [-0.2, -0.15) is 5.10 Å². The van der Waals surface area contributed by atoms with E-state index in [4.69, 9.17) is 0 Å². The van der Waals surface area contributed by atoms with E-state index in [9.17, 15) is 9.59 Å². The van der Waals surface area contributed by atoms with Gasteiger partial charge in [0.1, 0.15) is 17.9 Å². The molecule has 0 aliphatic carbocycles. The van der Waals surface area contributed by atoms with Gasteiger partial charge in [-0.3, -0.25) is 14.0 Å². The lowest BCUT2D eigenvalue weighted by Gasteiger charge is -2.35. The first-order valence-electron chi connectivity index (χ1n) is 10.2. The van der Waals surface area contributed by atoms with Gasteiger partial charge in [0.05, 0.1) is 10.2 Å². The largest absolute Gasteiger partial charge is 0.341 e. The minimum atomic E-state index is -0.190. The van der Waals surface area contributed by atoms with E-state index in [0.717, 1.165) is 42.0 Å². The zero-order valence-electron chi connectivity index (χ0n) is 17.1. The van der Waals surface area contributed by atoms with Crippen LogP contribution in [0.1, 0.15) is 44.8 Å². The van der Waals surface area contributed by atoms with Crippen molar-refractivity contribution in [1.29, 1.82) is 0 Å². The van der Waals surface area contributed by atoms with Crippen molar-refractivity contribution < 1.29 is 4.79 Å². The minimum Gasteiger partial charge on any atom is -0.341 e. The highest BCUT2D eigenvalue weighted by Crippen LogP contribution is 2.29. The summed E-state index contributed by atoms with van der Waals surface area (Å²) < 4.78 is 4.44. The van der Waals surface area contributed by atoms with Gasteiger partial charge in [0.15, 0.2) is 0 Å². The van der Waals surface area contributed by atoms with Gasteiger partial charge in [-0.25, -0.2) is 4.68 Å². The molecular weight excluding hydrogens is 372 g/mol. The Morgan fingerprint density at radius 3 is 2.50 bits per heavy atom. The highest BCUT2D eigenvalue weighted by Gasteiger charge is 2.26. The molecule has 0 unspecified atom stereocenters. The third kappa shape index (κ3) is 3.26. The Hall–Kier alpha value is -2.15. The molecule has 0 N–H and O–H groups in total. The number of likely N-dealkylation sites (tertiary alicyclic amines) is 1. The van der Waals surface area contributed by atoms with Crippen LogP contribution in [-0.2, 0) is 24.2 Å². The lowest BCUT2D eigenvalue weighted by atomic mass is 9.92. The Bertz CT molecular complexity index is 1080. The van der Waals surface area contributed by atoms with E-state index in [1.807, 2.05) is 22.3 Å². The zero-order valence-corrected chi connectivity index (χ0v) is 17.9. The maximum atomic E-state index is 13.1. The quantitative estimate of drug-likeness (QED) is 0.675. The summed E-state index contributed by atoms with van der Waals surface area (Å²) in [6.07, 6.45) is 2.83. The highest BCUT2D eigenvalue weighted by molar-refractivity contribution is 7.19. The molecule has 0 saturated carbocycles. The van der Waals surface area contributed by atoms with Crippen molar-refractivity contribution in [3.8, 4) is 0 Å². The van der Waals surface area contributed by atoms with Gasteiger partial charge in [-0.05, 0) is 36.8 Å². The second-order valence-electron chi connectivity index (χ2n) is 8.16. The van der Waals surface area contributed by atoms with E-state index >= 15 is 0 Å². The number of hydrogen-bond acceptors (Lipinski definition) is 4. The van der Waals surface area contributed by atoms with Gasteiger partial charge in [-0.15, -0.1) is 11.3 Å². The number of fused-ring (bicyclic) bond motifs is 3. The van der Waals surface area contributed by atoms with Gasteiger partial charge >= 0.3 is 0 Å². The summed E-state index contributed by atoms with van der Waals surface area (Å²) in [5.41, 5.74) is 1.48. The van der Waals surface area contributed by atoms with Crippen LogP contribution >= 0.6 is 11.3 Å². The summed E-state index contributed by atoms with van der Waals surface area (Å²) in [4.78, 5) is 29.1. The molecule has 0 bridgehead atoms. The van der Waals surface area contributed by atoms with Crippen molar-refractivity contribution in [2.45, 2.75) is 53.5 Å². The number of amides is 1. The first-order chi connectivity index (χ1) is 13.4. The van der Waals surface area contributed by atoms with Crippen LogP contribution in [0.5, 0.6) is 0 Å². The molecule has 2 atom stereocenters. The number of thiophene rings is 1. The fourth-order valence-corrected chi connectivity index (χ4v) is 5.47. The Morgan fingerprint density at radius 2 is 1.86 bits per heavy atom. The molecule has 1 aliphatic heterocycles. The van der Waals surface area contributed by atoms with Gasteiger partial charge < -0.3 is 4.90 Å². The Kier molecular flexibility index (Phi) is 5.04. The summed E-state index contributed by atoms with van der Waals surface area (Å²) in [6, 6.07) is 4.10. The van der Waals surface area contributed by atoms with Crippen molar-refractivity contribution in [1.82, 2.24) is 19.1 Å². The van der Waals surface area contributed by atoms with Crippen LogP contribution in [0.4, 0.5) is 0 Å². The predicted octanol–water partition coefficient (Wildman–Crippen LogP) is 3.34. The summed E-state index contributed by atoms with van der Waals surface area (Å²) in [6.45, 7) is 10.1. The molecule has 1 aliphatic rings. The number of piperidine rings is 1. The van der Waals surface area contributed by atoms with E-state index in [-0.39, 0.29) is 18.0 Å². The maximum Gasteiger partial charge on any atom is 0.291 e. The molecule has 1 fully saturated rings. The summed E-state index contributed by atoms with van der Waals surface area (Å²) >= 11 is 1.72. The number of aryl methyl sites for hydroxylation is 2. The van der Waals surface area contributed by atoms with Crippen molar-refractivity contribution >= 4 is 33.0 Å². The molecule has 0 radical (unpaired) electrons. The molecule has 28 heavy (non-hydrogen) atoms. The van der Waals surface area contributed by atoms with Crippen molar-refractivity contribution in [3.05, 3.63) is 33.2 Å². The zero-order chi connectivity index (χ0) is 20.0. The molecule has 3 aromatic rings. The van der Waals surface area contributed by atoms with Gasteiger partial charge in [0.2, 0.25) is 5.91 Å². The lowest BCUT2D eigenvalue weighted by Crippen LogP contribution is -2.45. The number of aromatic nitrogens is 3. The Balaban J connectivity index is 1.72. The first kappa shape index (κ1) is 19.2. The molecular formula is C21H28N4O2S. The van der Waals surface area contributed by atoms with Crippen LogP contribution in [0.3, 0.4) is 0 Å². The van der Waals surface area contributed by atoms with Gasteiger partial charge in [0.25, 0.3) is 5.56 Å². The van der Waals surface area contributed by atoms with E-state index in [2.05, 4.69) is 31.9 Å². The number of hydrogen-bond donors (Lipinski definition) is 0. The second-order valence-corrected chi connectivity index (χ2v) is 9.33. The van der Waals surface area contributed by atoms with Crippen molar-refractivity contribution in [2.75, 3.05) is 13.1 Å². The highest BCUT2D eigenvalue weighted by atomic mass is 32.1. The lowest BCUT2D eigenvalue weighted by molar-refractivity contribution is -0.134. The van der Waals surface area contributed by atoms with Gasteiger partial charge in [-0.1, -0.05) is 27.7 Å². The van der Waals surface area contributed by atoms with E-state index in [1.165, 1.54) is 9.56 Å². The second kappa shape index (κ2) is 7.35. The molecule has 4 rings (SSSR count). The van der Waals surface area contributed by atoms with Crippen molar-refractivity contribution in [2.24, 2.45) is 11.8 Å². The van der Waals surface area contributed by atoms with Crippen LogP contribution in [-0.4, -0.2) is 38.1 Å². The average molecular weight is 401 g/mol. The van der Waals surface area contributed by atoms with Crippen molar-refractivity contribution in [3.63, 3.8) is 0 Å². The van der Waals surface area contributed by atoms with Crippen LogP contribution in [0.2, 0.25) is 0 Å². The van der Waals surface area contributed by atoms with Crippen LogP contribution < -0.4 is 5.56 Å². The minimum absolute atomic E-state index is 0.0129. The van der Waals surface area contributed by atoms with E-state index in [0.29, 0.717) is 23.8 Å². The number of nitrogens with zero attached hydrogens (tertiary/aromatic N) is 4. The standard InChI is InChI=1S/C21H28N4O2S/c1-5-15-8-16-18(28-15)9-17-21(27)24(22-19(6-2)25(16)17)12-20(26)23-10-13(3)7-14(4)11-23/h8-9,13-14H,5-7,10-12H2,1-4H3/t13-,14-/m0/s1. The summed E-state index contributed by atoms with van der Waals surface area (Å²) in [7, 11) is 0. The molecule has 150 valence electrons. The molecule has 0 spiro atoms. The number of carbonyl (C=O) groups is 1. The van der Waals surface area contributed by atoms with E-state index < -0.39 is 0 Å². The van der Waals surface area contributed by atoms with Crippen LogP contribution in [0.15, 0.2) is 16.9 Å². The molecule has 3 aromatic heterocycles. The van der Waals surface area contributed by atoms with E-state index in [1.54, 1.807) is 11.3 Å². The van der Waals surface area contributed by atoms with Crippen LogP contribution in [0.25, 0.3) is 15.7 Å². The summed E-state index contributed by atoms with van der Waals surface area (Å²) in [5.74, 6) is 1.80. The fourth-order valence-electron chi connectivity index (χ4n) is 4.45. The first-order valence-corrected chi connectivity index (χ1v) is 11.0. The molecule has 6 nitrogen and oxygen atoms in total.